The van der Waals surface area contributed by atoms with Gasteiger partial charge in [0.15, 0.2) is 0 Å². The number of fused-ring (bicyclic) bond motifs is 1. The number of hydrogen-bond acceptors (Lipinski definition) is 5. The van der Waals surface area contributed by atoms with Crippen molar-refractivity contribution in [3.8, 4) is 5.69 Å². The van der Waals surface area contributed by atoms with Crippen LogP contribution in [0.5, 0.6) is 0 Å². The molecule has 8 nitrogen and oxygen atoms in total. The molecule has 4 heterocycles. The summed E-state index contributed by atoms with van der Waals surface area (Å²) in [7, 11) is 2.00. The Labute approximate surface area is 211 Å². The van der Waals surface area contributed by atoms with E-state index >= 15 is 0 Å². The van der Waals surface area contributed by atoms with Crippen molar-refractivity contribution in [2.75, 3.05) is 13.2 Å². The lowest BCUT2D eigenvalue weighted by Gasteiger charge is -2.33. The molecule has 9 heteroatoms. The number of aromatic nitrogens is 5. The van der Waals surface area contributed by atoms with E-state index in [-0.39, 0.29) is 11.5 Å². The van der Waals surface area contributed by atoms with Crippen LogP contribution in [0.1, 0.15) is 48.7 Å². The van der Waals surface area contributed by atoms with Crippen LogP contribution in [0, 0.1) is 5.92 Å². The molecule has 0 bridgehead atoms. The number of nitrogens with one attached hydrogen (secondary N) is 2. The third kappa shape index (κ3) is 4.26. The van der Waals surface area contributed by atoms with Crippen LogP contribution in [0.3, 0.4) is 0 Å². The van der Waals surface area contributed by atoms with Gasteiger partial charge in [-0.2, -0.15) is 0 Å². The summed E-state index contributed by atoms with van der Waals surface area (Å²) in [6, 6.07) is 10.7. The monoisotopic (exact) mass is 536 g/mol. The highest BCUT2D eigenvalue weighted by Gasteiger charge is 2.33. The van der Waals surface area contributed by atoms with Gasteiger partial charge in [-0.1, -0.05) is 18.6 Å². The molecule has 2 atom stereocenters. The van der Waals surface area contributed by atoms with Crippen molar-refractivity contribution in [3.05, 3.63) is 74.8 Å². The van der Waals surface area contributed by atoms with Crippen LogP contribution in [-0.2, 0) is 18.3 Å². The SMILES string of the molecule is Cn1cnnc1[C@@H](c1cccc(-n2cc(Br)c3cc(CN[C@H]4CCOC4)[nH]c3c2=O)c1)C1CCC1. The highest BCUT2D eigenvalue weighted by Crippen LogP contribution is 2.42. The third-order valence-electron chi connectivity index (χ3n) is 7.47. The summed E-state index contributed by atoms with van der Waals surface area (Å²) in [5.74, 6) is 1.69. The first-order valence-corrected chi connectivity index (χ1v) is 13.1. The second-order valence-electron chi connectivity index (χ2n) is 9.74. The molecule has 35 heavy (non-hydrogen) atoms. The number of hydrogen-bond donors (Lipinski definition) is 2. The predicted octanol–water partition coefficient (Wildman–Crippen LogP) is 4.02. The van der Waals surface area contributed by atoms with Gasteiger partial charge in [0.2, 0.25) is 0 Å². The summed E-state index contributed by atoms with van der Waals surface area (Å²) in [4.78, 5) is 16.9. The fraction of sp³-hybridized carbons (Fsp3) is 0.423. The van der Waals surface area contributed by atoms with Gasteiger partial charge in [0.1, 0.15) is 17.7 Å². The fourth-order valence-electron chi connectivity index (χ4n) is 5.31. The van der Waals surface area contributed by atoms with E-state index in [1.165, 1.54) is 24.8 Å². The van der Waals surface area contributed by atoms with Gasteiger partial charge >= 0.3 is 0 Å². The van der Waals surface area contributed by atoms with E-state index < -0.39 is 0 Å². The van der Waals surface area contributed by atoms with Crippen molar-refractivity contribution in [2.45, 2.75) is 44.2 Å². The van der Waals surface area contributed by atoms with Crippen LogP contribution in [0.25, 0.3) is 16.6 Å². The maximum absolute atomic E-state index is 13.6. The number of benzene rings is 1. The van der Waals surface area contributed by atoms with E-state index in [4.69, 9.17) is 4.74 Å². The van der Waals surface area contributed by atoms with E-state index in [1.54, 1.807) is 10.9 Å². The number of nitrogens with zero attached hydrogens (tertiary/aromatic N) is 4. The molecule has 0 unspecified atom stereocenters. The standard InChI is InChI=1S/C26H29BrN6O2/c1-32-15-29-31-25(32)23(16-4-2-5-16)17-6-3-7-20(10-17)33-13-22(27)21-11-19(30-24(21)26(33)34)12-28-18-8-9-35-14-18/h3,6-7,10-11,13,15-16,18,23,28,30H,2,4-5,8-9,12,14H2,1H3/t18-,23+/m0/s1. The predicted molar refractivity (Wildman–Crippen MR) is 138 cm³/mol. The van der Waals surface area contributed by atoms with Crippen molar-refractivity contribution in [3.63, 3.8) is 0 Å². The largest absolute Gasteiger partial charge is 0.380 e. The van der Waals surface area contributed by atoms with Gasteiger partial charge in [-0.05, 0) is 64.9 Å². The molecule has 182 valence electrons. The van der Waals surface area contributed by atoms with Gasteiger partial charge in [-0.3, -0.25) is 9.36 Å². The third-order valence-corrected chi connectivity index (χ3v) is 8.10. The lowest BCUT2D eigenvalue weighted by atomic mass is 9.72. The Balaban J connectivity index is 1.36. The zero-order valence-electron chi connectivity index (χ0n) is 19.7. The van der Waals surface area contributed by atoms with Crippen molar-refractivity contribution < 1.29 is 4.74 Å². The lowest BCUT2D eigenvalue weighted by molar-refractivity contribution is 0.189. The number of halogens is 1. The maximum atomic E-state index is 13.6. The fourth-order valence-corrected chi connectivity index (χ4v) is 5.83. The zero-order valence-corrected chi connectivity index (χ0v) is 21.3. The van der Waals surface area contributed by atoms with Gasteiger partial charge in [0.25, 0.3) is 5.56 Å². The summed E-state index contributed by atoms with van der Waals surface area (Å²) >= 11 is 3.70. The van der Waals surface area contributed by atoms with E-state index in [9.17, 15) is 4.79 Å². The Hall–Kier alpha value is -2.75. The van der Waals surface area contributed by atoms with E-state index in [2.05, 4.69) is 48.6 Å². The first-order valence-electron chi connectivity index (χ1n) is 12.3. The molecule has 2 aliphatic rings. The molecule has 2 fully saturated rings. The number of aromatic amines is 1. The first kappa shape index (κ1) is 22.7. The zero-order chi connectivity index (χ0) is 23.9. The molecule has 1 saturated heterocycles. The molecule has 6 rings (SSSR count). The van der Waals surface area contributed by atoms with Crippen molar-refractivity contribution in [1.29, 1.82) is 0 Å². The first-order chi connectivity index (χ1) is 17.1. The Kier molecular flexibility index (Phi) is 6.07. The molecule has 0 spiro atoms. The number of pyridine rings is 1. The molecule has 4 aromatic rings. The molecule has 1 aliphatic carbocycles. The summed E-state index contributed by atoms with van der Waals surface area (Å²) in [5.41, 5.74) is 3.55. The maximum Gasteiger partial charge on any atom is 0.279 e. The van der Waals surface area contributed by atoms with Gasteiger partial charge in [-0.15, -0.1) is 10.2 Å². The average molecular weight is 537 g/mol. The van der Waals surface area contributed by atoms with Gasteiger partial charge in [0.05, 0.1) is 6.61 Å². The van der Waals surface area contributed by atoms with E-state index in [1.807, 2.05) is 36.0 Å². The van der Waals surface area contributed by atoms with Crippen molar-refractivity contribution >= 4 is 26.8 Å². The molecular formula is C26H29BrN6O2. The molecule has 0 amide bonds. The molecule has 0 radical (unpaired) electrons. The molecular weight excluding hydrogens is 508 g/mol. The van der Waals surface area contributed by atoms with Crippen molar-refractivity contribution in [1.82, 2.24) is 29.6 Å². The Morgan fingerprint density at radius 1 is 1.29 bits per heavy atom. The van der Waals surface area contributed by atoms with Crippen LogP contribution in [0.2, 0.25) is 0 Å². The van der Waals surface area contributed by atoms with Gasteiger partial charge in [0, 0.05) is 59.6 Å². The minimum atomic E-state index is -0.0605. The summed E-state index contributed by atoms with van der Waals surface area (Å²) in [6.07, 6.45) is 8.28. The van der Waals surface area contributed by atoms with Crippen LogP contribution in [0.4, 0.5) is 0 Å². The van der Waals surface area contributed by atoms with Crippen molar-refractivity contribution in [2.24, 2.45) is 13.0 Å². The normalized spacial score (nSPS) is 19.3. The average Bonchev–Trinajstić information content (AvgIpc) is 3.58. The van der Waals surface area contributed by atoms with Crippen LogP contribution in [0.15, 0.2) is 52.1 Å². The second kappa shape index (κ2) is 9.37. The number of rotatable bonds is 7. The highest BCUT2D eigenvalue weighted by atomic mass is 79.9. The van der Waals surface area contributed by atoms with Crippen LogP contribution >= 0.6 is 15.9 Å². The highest BCUT2D eigenvalue weighted by molar-refractivity contribution is 9.10. The Morgan fingerprint density at radius 2 is 2.17 bits per heavy atom. The molecule has 3 aromatic heterocycles. The second-order valence-corrected chi connectivity index (χ2v) is 10.6. The number of H-pyrrole nitrogens is 1. The topological polar surface area (TPSA) is 89.8 Å². The quantitative estimate of drug-likeness (QED) is 0.372. The van der Waals surface area contributed by atoms with Crippen LogP contribution in [-0.4, -0.2) is 43.6 Å². The van der Waals surface area contributed by atoms with Gasteiger partial charge in [-0.25, -0.2) is 0 Å². The van der Waals surface area contributed by atoms with E-state index in [0.29, 0.717) is 24.0 Å². The Bertz CT molecular complexity index is 1410. The lowest BCUT2D eigenvalue weighted by Crippen LogP contribution is -2.28. The van der Waals surface area contributed by atoms with Crippen LogP contribution < -0.4 is 10.9 Å². The number of aryl methyl sites for hydroxylation is 1. The van der Waals surface area contributed by atoms with E-state index in [0.717, 1.165) is 46.7 Å². The minimum Gasteiger partial charge on any atom is -0.380 e. The molecule has 1 aliphatic heterocycles. The minimum absolute atomic E-state index is 0.0605. The molecule has 1 aromatic carbocycles. The Morgan fingerprint density at radius 3 is 2.89 bits per heavy atom. The summed E-state index contributed by atoms with van der Waals surface area (Å²) < 4.78 is 10.1. The molecule has 2 N–H and O–H groups in total. The molecule has 1 saturated carbocycles. The van der Waals surface area contributed by atoms with Gasteiger partial charge < -0.3 is 19.6 Å². The number of ether oxygens (including phenoxy) is 1. The summed E-state index contributed by atoms with van der Waals surface area (Å²) in [5, 5.41) is 13.0. The smallest absolute Gasteiger partial charge is 0.279 e. The summed E-state index contributed by atoms with van der Waals surface area (Å²) in [6.45, 7) is 2.21.